The number of benzene rings is 1. The number of para-hydroxylation sites is 1. The molecule has 0 saturated carbocycles. The molecule has 8 heteroatoms. The van der Waals surface area contributed by atoms with Crippen molar-refractivity contribution in [2.45, 2.75) is 27.2 Å². The van der Waals surface area contributed by atoms with Crippen LogP contribution >= 0.6 is 0 Å². The SMILES string of the molecule is CCCNC(=O)C[NH+]1CCN(C(=O)C[NH+](C)CC(=O)Nc2c(C)cccc2C)CC1. The van der Waals surface area contributed by atoms with Crippen molar-refractivity contribution in [3.8, 4) is 0 Å². The van der Waals surface area contributed by atoms with E-state index in [1.54, 1.807) is 0 Å². The summed E-state index contributed by atoms with van der Waals surface area (Å²) < 4.78 is 0. The van der Waals surface area contributed by atoms with Crippen LogP contribution in [0.2, 0.25) is 0 Å². The number of carbonyl (C=O) groups excluding carboxylic acids is 3. The van der Waals surface area contributed by atoms with Crippen molar-refractivity contribution in [2.24, 2.45) is 0 Å². The van der Waals surface area contributed by atoms with E-state index in [1.165, 1.54) is 4.90 Å². The summed E-state index contributed by atoms with van der Waals surface area (Å²) >= 11 is 0. The Hall–Kier alpha value is -2.45. The van der Waals surface area contributed by atoms with Gasteiger partial charge in [-0.15, -0.1) is 0 Å². The second-order valence-electron chi connectivity index (χ2n) is 8.28. The summed E-state index contributed by atoms with van der Waals surface area (Å²) in [5.41, 5.74) is 2.91. The first kappa shape index (κ1) is 23.8. The van der Waals surface area contributed by atoms with E-state index >= 15 is 0 Å². The highest BCUT2D eigenvalue weighted by Gasteiger charge is 2.27. The number of quaternary nitrogens is 2. The third-order valence-electron chi connectivity index (χ3n) is 5.47. The average molecular weight is 420 g/mol. The molecule has 0 spiro atoms. The van der Waals surface area contributed by atoms with Crippen LogP contribution in [0.25, 0.3) is 0 Å². The predicted molar refractivity (Wildman–Crippen MR) is 117 cm³/mol. The van der Waals surface area contributed by atoms with Gasteiger partial charge in [-0.3, -0.25) is 14.4 Å². The van der Waals surface area contributed by atoms with E-state index in [4.69, 9.17) is 0 Å². The third kappa shape index (κ3) is 7.42. The number of carbonyl (C=O) groups is 3. The topological polar surface area (TPSA) is 87.4 Å². The summed E-state index contributed by atoms with van der Waals surface area (Å²) in [6.07, 6.45) is 0.932. The van der Waals surface area contributed by atoms with Crippen LogP contribution in [0.15, 0.2) is 18.2 Å². The molecule has 1 aromatic carbocycles. The highest BCUT2D eigenvalue weighted by Crippen LogP contribution is 2.18. The number of likely N-dealkylation sites (N-methyl/N-ethyl adjacent to an activating group) is 1. The van der Waals surface area contributed by atoms with E-state index in [1.807, 2.05) is 50.9 Å². The maximum absolute atomic E-state index is 12.6. The van der Waals surface area contributed by atoms with Crippen molar-refractivity contribution in [1.29, 1.82) is 0 Å². The number of nitrogens with zero attached hydrogens (tertiary/aromatic N) is 1. The fraction of sp³-hybridized carbons (Fsp3) is 0.591. The standard InChI is InChI=1S/C22H35N5O3/c1-5-9-23-19(28)15-26-10-12-27(13-11-26)21(30)16-25(4)14-20(29)24-22-17(2)7-6-8-18(22)3/h6-8H,5,9-16H2,1-4H3,(H,23,28)(H,24,29)/p+2. The molecule has 1 unspecified atom stereocenters. The van der Waals surface area contributed by atoms with Gasteiger partial charge in [-0.2, -0.15) is 0 Å². The molecule has 1 aromatic rings. The average Bonchev–Trinajstić information content (AvgIpc) is 2.69. The summed E-state index contributed by atoms with van der Waals surface area (Å²) in [6.45, 7) is 10.5. The molecule has 3 amide bonds. The summed E-state index contributed by atoms with van der Waals surface area (Å²) in [4.78, 5) is 40.8. The highest BCUT2D eigenvalue weighted by molar-refractivity contribution is 5.93. The van der Waals surface area contributed by atoms with Crippen molar-refractivity contribution >= 4 is 23.4 Å². The molecule has 0 radical (unpaired) electrons. The lowest BCUT2D eigenvalue weighted by atomic mass is 10.1. The molecular weight excluding hydrogens is 382 g/mol. The normalized spacial score (nSPS) is 15.5. The third-order valence-corrected chi connectivity index (χ3v) is 5.47. The van der Waals surface area contributed by atoms with Crippen molar-refractivity contribution in [1.82, 2.24) is 10.2 Å². The van der Waals surface area contributed by atoms with Gasteiger partial charge < -0.3 is 25.3 Å². The van der Waals surface area contributed by atoms with E-state index in [-0.39, 0.29) is 30.8 Å². The summed E-state index contributed by atoms with van der Waals surface area (Å²) in [7, 11) is 1.86. The van der Waals surface area contributed by atoms with Crippen LogP contribution in [0, 0.1) is 13.8 Å². The molecule has 0 aliphatic carbocycles. The Kier molecular flexibility index (Phi) is 9.26. The molecule has 0 bridgehead atoms. The molecule has 4 N–H and O–H groups in total. The molecule has 166 valence electrons. The largest absolute Gasteiger partial charge is 0.351 e. The van der Waals surface area contributed by atoms with E-state index in [0.717, 1.165) is 41.2 Å². The van der Waals surface area contributed by atoms with Crippen LogP contribution in [-0.2, 0) is 14.4 Å². The molecule has 1 aliphatic rings. The molecule has 1 aliphatic heterocycles. The quantitative estimate of drug-likeness (QED) is 0.374. The Balaban J connectivity index is 1.73. The van der Waals surface area contributed by atoms with Gasteiger partial charge in [0.05, 0.1) is 33.2 Å². The summed E-state index contributed by atoms with van der Waals surface area (Å²) in [6, 6.07) is 5.91. The lowest BCUT2D eigenvalue weighted by Gasteiger charge is -2.32. The first-order chi connectivity index (χ1) is 14.3. The first-order valence-electron chi connectivity index (χ1n) is 10.9. The van der Waals surface area contributed by atoms with Gasteiger partial charge in [0.15, 0.2) is 19.6 Å². The minimum atomic E-state index is -0.0925. The van der Waals surface area contributed by atoms with E-state index in [2.05, 4.69) is 10.6 Å². The number of hydrogen-bond donors (Lipinski definition) is 4. The summed E-state index contributed by atoms with van der Waals surface area (Å²) in [5, 5.41) is 5.88. The van der Waals surface area contributed by atoms with Crippen molar-refractivity contribution in [3.05, 3.63) is 29.3 Å². The Morgan fingerprint density at radius 1 is 1.07 bits per heavy atom. The second kappa shape index (κ2) is 11.7. The van der Waals surface area contributed by atoms with Crippen LogP contribution in [-0.4, -0.2) is 82.0 Å². The molecule has 8 nitrogen and oxygen atoms in total. The van der Waals surface area contributed by atoms with Gasteiger partial charge in [-0.25, -0.2) is 0 Å². The Morgan fingerprint density at radius 2 is 1.70 bits per heavy atom. The predicted octanol–water partition coefficient (Wildman–Crippen LogP) is -1.99. The Labute approximate surface area is 179 Å². The van der Waals surface area contributed by atoms with Gasteiger partial charge in [0.1, 0.15) is 0 Å². The van der Waals surface area contributed by atoms with E-state index in [0.29, 0.717) is 26.2 Å². The van der Waals surface area contributed by atoms with Crippen molar-refractivity contribution in [2.75, 3.05) is 64.7 Å². The number of anilines is 1. The Morgan fingerprint density at radius 3 is 2.30 bits per heavy atom. The minimum Gasteiger partial charge on any atom is -0.351 e. The fourth-order valence-electron chi connectivity index (χ4n) is 3.70. The maximum Gasteiger partial charge on any atom is 0.279 e. The van der Waals surface area contributed by atoms with Gasteiger partial charge in [0, 0.05) is 12.2 Å². The van der Waals surface area contributed by atoms with Gasteiger partial charge in [0.25, 0.3) is 17.7 Å². The van der Waals surface area contributed by atoms with Gasteiger partial charge in [0.2, 0.25) is 0 Å². The van der Waals surface area contributed by atoms with Crippen LogP contribution in [0.3, 0.4) is 0 Å². The second-order valence-corrected chi connectivity index (χ2v) is 8.28. The van der Waals surface area contributed by atoms with Crippen molar-refractivity contribution < 1.29 is 24.2 Å². The van der Waals surface area contributed by atoms with E-state index < -0.39 is 0 Å². The lowest BCUT2D eigenvalue weighted by Crippen LogP contribution is -3.16. The van der Waals surface area contributed by atoms with Crippen LogP contribution < -0.4 is 20.4 Å². The molecule has 1 atom stereocenters. The van der Waals surface area contributed by atoms with Crippen LogP contribution in [0.4, 0.5) is 5.69 Å². The van der Waals surface area contributed by atoms with Crippen LogP contribution in [0.5, 0.6) is 0 Å². The lowest BCUT2D eigenvalue weighted by molar-refractivity contribution is -0.896. The zero-order chi connectivity index (χ0) is 22.1. The molecule has 30 heavy (non-hydrogen) atoms. The van der Waals surface area contributed by atoms with Crippen molar-refractivity contribution in [3.63, 3.8) is 0 Å². The highest BCUT2D eigenvalue weighted by atomic mass is 16.2. The zero-order valence-electron chi connectivity index (χ0n) is 18.8. The minimum absolute atomic E-state index is 0.0573. The van der Waals surface area contributed by atoms with E-state index in [9.17, 15) is 14.4 Å². The monoisotopic (exact) mass is 419 g/mol. The van der Waals surface area contributed by atoms with Gasteiger partial charge in [-0.05, 0) is 31.4 Å². The number of nitrogens with one attached hydrogen (secondary N) is 4. The molecule has 1 saturated heterocycles. The fourth-order valence-corrected chi connectivity index (χ4v) is 3.70. The number of piperazine rings is 1. The number of aryl methyl sites for hydroxylation is 2. The maximum atomic E-state index is 12.6. The molecular formula is C22H37N5O3+2. The molecule has 0 aromatic heterocycles. The zero-order valence-corrected chi connectivity index (χ0v) is 18.8. The number of amides is 3. The summed E-state index contributed by atoms with van der Waals surface area (Å²) in [5.74, 6) is 0.0395. The molecule has 1 heterocycles. The Bertz CT molecular complexity index is 724. The molecule has 2 rings (SSSR count). The van der Waals surface area contributed by atoms with Gasteiger partial charge in [-0.1, -0.05) is 25.1 Å². The smallest absolute Gasteiger partial charge is 0.279 e. The first-order valence-corrected chi connectivity index (χ1v) is 10.9. The van der Waals surface area contributed by atoms with Crippen LogP contribution in [0.1, 0.15) is 24.5 Å². The number of rotatable bonds is 9. The number of hydrogen-bond acceptors (Lipinski definition) is 3. The molecule has 1 fully saturated rings. The van der Waals surface area contributed by atoms with Gasteiger partial charge >= 0.3 is 0 Å².